The number of aliphatic imine (C=N–C) groups is 1. The zero-order valence-corrected chi connectivity index (χ0v) is 9.64. The van der Waals surface area contributed by atoms with E-state index in [0.29, 0.717) is 10.6 Å². The van der Waals surface area contributed by atoms with Gasteiger partial charge < -0.3 is 10.4 Å². The van der Waals surface area contributed by atoms with Gasteiger partial charge >= 0.3 is 5.97 Å². The number of carboxylic acids is 1. The molecule has 0 aliphatic carbocycles. The van der Waals surface area contributed by atoms with Gasteiger partial charge in [0.15, 0.2) is 0 Å². The van der Waals surface area contributed by atoms with Gasteiger partial charge in [0.25, 0.3) is 11.7 Å². The highest BCUT2D eigenvalue weighted by molar-refractivity contribution is 6.46. The highest BCUT2D eigenvalue weighted by Gasteiger charge is 2.36. The Balaban J connectivity index is 2.41. The number of ketones is 1. The Morgan fingerprint density at radius 2 is 1.89 bits per heavy atom. The first-order valence-electron chi connectivity index (χ1n) is 4.91. The molecule has 7 heteroatoms. The summed E-state index contributed by atoms with van der Waals surface area (Å²) in [5, 5.41) is 11.5. The number of nitrogens with zero attached hydrogens (tertiary/aromatic N) is 1. The van der Waals surface area contributed by atoms with Crippen molar-refractivity contribution in [2.75, 3.05) is 0 Å². The van der Waals surface area contributed by atoms with Crippen molar-refractivity contribution in [2.24, 2.45) is 4.99 Å². The summed E-state index contributed by atoms with van der Waals surface area (Å²) in [4.78, 5) is 37.1. The van der Waals surface area contributed by atoms with Gasteiger partial charge in [-0.15, -0.1) is 0 Å². The first-order chi connectivity index (χ1) is 8.49. The molecule has 1 atom stereocenters. The van der Waals surface area contributed by atoms with Gasteiger partial charge in [0.05, 0.1) is 0 Å². The first kappa shape index (κ1) is 12.3. The van der Waals surface area contributed by atoms with Crippen LogP contribution in [0.4, 0.5) is 0 Å². The predicted molar refractivity (Wildman–Crippen MR) is 62.6 cm³/mol. The number of halogens is 1. The van der Waals surface area contributed by atoms with E-state index >= 15 is 0 Å². The molecule has 1 aliphatic rings. The van der Waals surface area contributed by atoms with Crippen molar-refractivity contribution in [2.45, 2.75) is 6.04 Å². The fourth-order valence-corrected chi connectivity index (χ4v) is 1.56. The second-order valence-electron chi connectivity index (χ2n) is 3.54. The highest BCUT2D eigenvalue weighted by Crippen LogP contribution is 2.12. The summed E-state index contributed by atoms with van der Waals surface area (Å²) in [5.74, 6) is -3.48. The van der Waals surface area contributed by atoms with Gasteiger partial charge in [0, 0.05) is 10.6 Å². The topological polar surface area (TPSA) is 95.8 Å². The van der Waals surface area contributed by atoms with Crippen LogP contribution < -0.4 is 5.32 Å². The predicted octanol–water partition coefficient (Wildman–Crippen LogP) is 0.239. The molecule has 0 radical (unpaired) electrons. The molecule has 0 aromatic heterocycles. The summed E-state index contributed by atoms with van der Waals surface area (Å²) in [6, 6.07) is 4.58. The van der Waals surface area contributed by atoms with E-state index in [9.17, 15) is 14.4 Å². The van der Waals surface area contributed by atoms with Crippen molar-refractivity contribution in [1.82, 2.24) is 5.32 Å². The second-order valence-corrected chi connectivity index (χ2v) is 3.98. The van der Waals surface area contributed by atoms with Gasteiger partial charge in [-0.05, 0) is 24.3 Å². The van der Waals surface area contributed by atoms with Crippen LogP contribution in [0.25, 0.3) is 0 Å². The molecule has 1 aliphatic heterocycles. The molecule has 1 aromatic rings. The molecule has 0 fully saturated rings. The minimum Gasteiger partial charge on any atom is -0.479 e. The van der Waals surface area contributed by atoms with Crippen molar-refractivity contribution < 1.29 is 19.5 Å². The maximum Gasteiger partial charge on any atom is 0.336 e. The lowest BCUT2D eigenvalue weighted by atomic mass is 10.1. The summed E-state index contributed by atoms with van der Waals surface area (Å²) in [6.45, 7) is 0. The molecule has 1 amide bonds. The van der Waals surface area contributed by atoms with E-state index in [1.54, 1.807) is 24.3 Å². The van der Waals surface area contributed by atoms with Crippen molar-refractivity contribution in [3.05, 3.63) is 34.9 Å². The third-order valence-electron chi connectivity index (χ3n) is 2.31. The molecule has 6 nitrogen and oxygen atoms in total. The Labute approximate surface area is 106 Å². The lowest BCUT2D eigenvalue weighted by Gasteiger charge is -2.17. The van der Waals surface area contributed by atoms with Gasteiger partial charge in [-0.3, -0.25) is 9.59 Å². The lowest BCUT2D eigenvalue weighted by molar-refractivity contribution is -0.147. The van der Waals surface area contributed by atoms with E-state index in [2.05, 4.69) is 10.3 Å². The van der Waals surface area contributed by atoms with Gasteiger partial charge in [0.1, 0.15) is 5.84 Å². The van der Waals surface area contributed by atoms with Crippen LogP contribution in [0.5, 0.6) is 0 Å². The quantitative estimate of drug-likeness (QED) is 0.592. The van der Waals surface area contributed by atoms with Gasteiger partial charge in [-0.1, -0.05) is 11.6 Å². The molecular weight excluding hydrogens is 260 g/mol. The number of carboxylic acid groups (broad SMARTS) is 1. The fourth-order valence-electron chi connectivity index (χ4n) is 1.44. The molecule has 0 saturated heterocycles. The molecule has 92 valence electrons. The van der Waals surface area contributed by atoms with Gasteiger partial charge in [-0.25, -0.2) is 9.79 Å². The average molecular weight is 267 g/mol. The number of aliphatic carboxylic acids is 1. The summed E-state index contributed by atoms with van der Waals surface area (Å²) < 4.78 is 0. The number of Topliss-reactive ketones (excluding diaryl/α,β-unsaturated/α-hetero) is 1. The number of nitrogens with one attached hydrogen (secondary N) is 1. The normalized spacial score (nSPS) is 19.2. The number of benzene rings is 1. The van der Waals surface area contributed by atoms with Crippen molar-refractivity contribution >= 4 is 35.1 Å². The molecule has 0 bridgehead atoms. The van der Waals surface area contributed by atoms with E-state index in [1.165, 1.54) is 0 Å². The Morgan fingerprint density at radius 1 is 1.28 bits per heavy atom. The second kappa shape index (κ2) is 4.58. The fraction of sp³-hybridized carbons (Fsp3) is 0.0909. The Hall–Kier alpha value is -2.21. The monoisotopic (exact) mass is 266 g/mol. The van der Waals surface area contributed by atoms with Crippen molar-refractivity contribution in [3.63, 3.8) is 0 Å². The molecule has 0 saturated carbocycles. The van der Waals surface area contributed by atoms with Gasteiger partial charge in [0.2, 0.25) is 6.04 Å². The van der Waals surface area contributed by atoms with E-state index in [-0.39, 0.29) is 5.84 Å². The molecule has 1 aromatic carbocycles. The first-order valence-corrected chi connectivity index (χ1v) is 5.28. The smallest absolute Gasteiger partial charge is 0.336 e. The molecular formula is C11H7ClN2O4. The van der Waals surface area contributed by atoms with E-state index in [4.69, 9.17) is 16.7 Å². The number of amidine groups is 1. The average Bonchev–Trinajstić information content (AvgIpc) is 2.33. The minimum absolute atomic E-state index is 0.0451. The summed E-state index contributed by atoms with van der Waals surface area (Å²) in [6.07, 6.45) is 0. The van der Waals surface area contributed by atoms with E-state index in [1.807, 2.05) is 0 Å². The molecule has 0 spiro atoms. The van der Waals surface area contributed by atoms with Crippen molar-refractivity contribution in [1.29, 1.82) is 0 Å². The van der Waals surface area contributed by atoms with Crippen LogP contribution in [0.1, 0.15) is 5.56 Å². The number of hydrogen-bond acceptors (Lipinski definition) is 4. The van der Waals surface area contributed by atoms with E-state index in [0.717, 1.165) is 0 Å². The number of carbonyl (C=O) groups excluding carboxylic acids is 2. The molecule has 2 N–H and O–H groups in total. The van der Waals surface area contributed by atoms with Crippen LogP contribution >= 0.6 is 11.6 Å². The van der Waals surface area contributed by atoms with Gasteiger partial charge in [-0.2, -0.15) is 0 Å². The van der Waals surface area contributed by atoms with Crippen LogP contribution in [0.3, 0.4) is 0 Å². The Morgan fingerprint density at radius 3 is 2.44 bits per heavy atom. The Bertz CT molecular complexity index is 565. The number of amides is 1. The third-order valence-corrected chi connectivity index (χ3v) is 2.57. The minimum atomic E-state index is -1.69. The Kier molecular flexibility index (Phi) is 3.12. The van der Waals surface area contributed by atoms with Crippen LogP contribution in [0, 0.1) is 0 Å². The zero-order valence-electron chi connectivity index (χ0n) is 8.88. The van der Waals surface area contributed by atoms with Crippen LogP contribution in [0.2, 0.25) is 5.02 Å². The summed E-state index contributed by atoms with van der Waals surface area (Å²) in [5.41, 5.74) is 0.478. The number of rotatable bonds is 2. The standard InChI is InChI=1S/C11H7ClN2O4/c12-6-3-1-5(2-4-6)9-13-7(11(17)18)8(15)10(16)14-9/h1-4,7H,(H,17,18)(H,13,14,16). The number of carbonyl (C=O) groups is 3. The maximum atomic E-state index is 11.3. The van der Waals surface area contributed by atoms with Crippen LogP contribution in [-0.2, 0) is 14.4 Å². The summed E-state index contributed by atoms with van der Waals surface area (Å²) >= 11 is 5.71. The summed E-state index contributed by atoms with van der Waals surface area (Å²) in [7, 11) is 0. The maximum absolute atomic E-state index is 11.3. The molecule has 1 heterocycles. The molecule has 1 unspecified atom stereocenters. The number of hydrogen-bond donors (Lipinski definition) is 2. The zero-order chi connectivity index (χ0) is 13.3. The van der Waals surface area contributed by atoms with Crippen LogP contribution in [-0.4, -0.2) is 34.6 Å². The van der Waals surface area contributed by atoms with Crippen LogP contribution in [0.15, 0.2) is 29.3 Å². The van der Waals surface area contributed by atoms with E-state index < -0.39 is 23.7 Å². The largest absolute Gasteiger partial charge is 0.479 e. The highest BCUT2D eigenvalue weighted by atomic mass is 35.5. The lowest BCUT2D eigenvalue weighted by Crippen LogP contribution is -2.49. The third kappa shape index (κ3) is 2.23. The molecule has 2 rings (SSSR count). The van der Waals surface area contributed by atoms with Crippen molar-refractivity contribution in [3.8, 4) is 0 Å². The SMILES string of the molecule is O=C1NC(c2ccc(Cl)cc2)=NC(C(=O)O)C1=O. The molecule has 18 heavy (non-hydrogen) atoms.